The van der Waals surface area contributed by atoms with Gasteiger partial charge in [0.05, 0.1) is 16.5 Å². The standard InChI is InChI=1S/C16H15F2NO3S/c1-10(11-3-6-13(7-4-11)23(2,21)22)19-16(20)14-9-12(17)5-8-15(14)18/h3-10H,1-2H3,(H,19,20). The van der Waals surface area contributed by atoms with Gasteiger partial charge in [0, 0.05) is 6.26 Å². The Morgan fingerprint density at radius 2 is 1.70 bits per heavy atom. The second-order valence-corrected chi connectivity index (χ2v) is 7.18. The highest BCUT2D eigenvalue weighted by Gasteiger charge is 2.16. The number of carbonyl (C=O) groups is 1. The van der Waals surface area contributed by atoms with Gasteiger partial charge < -0.3 is 5.32 Å². The van der Waals surface area contributed by atoms with Crippen LogP contribution >= 0.6 is 0 Å². The first-order chi connectivity index (χ1) is 10.7. The van der Waals surface area contributed by atoms with E-state index in [4.69, 9.17) is 0 Å². The smallest absolute Gasteiger partial charge is 0.254 e. The maximum Gasteiger partial charge on any atom is 0.254 e. The molecule has 4 nitrogen and oxygen atoms in total. The number of rotatable bonds is 4. The Bertz CT molecular complexity index is 833. The molecule has 23 heavy (non-hydrogen) atoms. The van der Waals surface area contributed by atoms with Gasteiger partial charge in [-0.05, 0) is 42.8 Å². The summed E-state index contributed by atoms with van der Waals surface area (Å²) in [6, 6.07) is 8.11. The molecule has 0 radical (unpaired) electrons. The lowest BCUT2D eigenvalue weighted by Crippen LogP contribution is -2.27. The molecule has 0 aliphatic heterocycles. The predicted molar refractivity (Wildman–Crippen MR) is 81.8 cm³/mol. The highest BCUT2D eigenvalue weighted by molar-refractivity contribution is 7.90. The number of nitrogens with one attached hydrogen (secondary N) is 1. The van der Waals surface area contributed by atoms with Crippen molar-refractivity contribution in [1.29, 1.82) is 0 Å². The molecule has 0 spiro atoms. The minimum absolute atomic E-state index is 0.163. The maximum absolute atomic E-state index is 13.6. The van der Waals surface area contributed by atoms with E-state index in [9.17, 15) is 22.0 Å². The van der Waals surface area contributed by atoms with E-state index in [2.05, 4.69) is 5.32 Å². The lowest BCUT2D eigenvalue weighted by atomic mass is 10.1. The Labute approximate surface area is 133 Å². The van der Waals surface area contributed by atoms with Gasteiger partial charge in [0.15, 0.2) is 9.84 Å². The number of halogens is 2. The normalized spacial score (nSPS) is 12.7. The topological polar surface area (TPSA) is 63.2 Å². The van der Waals surface area contributed by atoms with Crippen molar-refractivity contribution in [2.24, 2.45) is 0 Å². The molecule has 2 aromatic rings. The third-order valence-electron chi connectivity index (χ3n) is 3.33. The Hall–Kier alpha value is -2.28. The summed E-state index contributed by atoms with van der Waals surface area (Å²) in [6.07, 6.45) is 1.10. The second kappa shape index (κ2) is 6.45. The van der Waals surface area contributed by atoms with Gasteiger partial charge in [-0.15, -0.1) is 0 Å². The molecule has 1 amide bonds. The molecule has 0 fully saturated rings. The first kappa shape index (κ1) is 17.1. The van der Waals surface area contributed by atoms with E-state index in [0.29, 0.717) is 5.56 Å². The number of benzene rings is 2. The average molecular weight is 339 g/mol. The number of hydrogen-bond donors (Lipinski definition) is 1. The van der Waals surface area contributed by atoms with Crippen molar-refractivity contribution >= 4 is 15.7 Å². The van der Waals surface area contributed by atoms with Crippen LogP contribution in [0.4, 0.5) is 8.78 Å². The van der Waals surface area contributed by atoms with Crippen molar-refractivity contribution in [3.8, 4) is 0 Å². The first-order valence-corrected chi connectivity index (χ1v) is 8.63. The molecule has 0 aliphatic carbocycles. The Balaban J connectivity index is 2.17. The van der Waals surface area contributed by atoms with E-state index >= 15 is 0 Å². The molecule has 7 heteroatoms. The van der Waals surface area contributed by atoms with Gasteiger partial charge in [0.2, 0.25) is 0 Å². The molecule has 0 bridgehead atoms. The molecule has 0 saturated heterocycles. The molecule has 0 aromatic heterocycles. The lowest BCUT2D eigenvalue weighted by Gasteiger charge is -2.15. The summed E-state index contributed by atoms with van der Waals surface area (Å²) in [5.41, 5.74) is 0.257. The fraction of sp³-hybridized carbons (Fsp3) is 0.188. The molecule has 0 heterocycles. The van der Waals surface area contributed by atoms with Crippen LogP contribution in [0.15, 0.2) is 47.4 Å². The molecule has 0 aliphatic rings. The number of sulfone groups is 1. The van der Waals surface area contributed by atoms with Gasteiger partial charge in [-0.25, -0.2) is 17.2 Å². The van der Waals surface area contributed by atoms with E-state index in [-0.39, 0.29) is 10.5 Å². The van der Waals surface area contributed by atoms with Crippen molar-refractivity contribution in [3.05, 3.63) is 65.2 Å². The number of hydrogen-bond acceptors (Lipinski definition) is 3. The predicted octanol–water partition coefficient (Wildman–Crippen LogP) is 2.86. The molecule has 122 valence electrons. The summed E-state index contributed by atoms with van der Waals surface area (Å²) in [5.74, 6) is -2.27. The third kappa shape index (κ3) is 4.13. The largest absolute Gasteiger partial charge is 0.345 e. The van der Waals surface area contributed by atoms with Crippen molar-refractivity contribution in [2.45, 2.75) is 17.9 Å². The molecule has 2 rings (SSSR count). The molecule has 1 atom stereocenters. The minimum atomic E-state index is -3.30. The fourth-order valence-electron chi connectivity index (χ4n) is 2.03. The first-order valence-electron chi connectivity index (χ1n) is 6.74. The van der Waals surface area contributed by atoms with Crippen LogP contribution in [-0.2, 0) is 9.84 Å². The maximum atomic E-state index is 13.6. The highest BCUT2D eigenvalue weighted by atomic mass is 32.2. The molecule has 1 N–H and O–H groups in total. The van der Waals surface area contributed by atoms with Crippen LogP contribution in [0.3, 0.4) is 0 Å². The van der Waals surface area contributed by atoms with Gasteiger partial charge in [-0.3, -0.25) is 4.79 Å². The number of amides is 1. The molecule has 2 aromatic carbocycles. The van der Waals surface area contributed by atoms with E-state index < -0.39 is 33.4 Å². The summed E-state index contributed by atoms with van der Waals surface area (Å²) in [4.78, 5) is 12.2. The van der Waals surface area contributed by atoms with Crippen molar-refractivity contribution in [3.63, 3.8) is 0 Å². The highest BCUT2D eigenvalue weighted by Crippen LogP contribution is 2.17. The van der Waals surface area contributed by atoms with Crippen LogP contribution in [0.1, 0.15) is 28.9 Å². The lowest BCUT2D eigenvalue weighted by molar-refractivity contribution is 0.0935. The van der Waals surface area contributed by atoms with Crippen molar-refractivity contribution in [2.75, 3.05) is 6.26 Å². The monoisotopic (exact) mass is 339 g/mol. The van der Waals surface area contributed by atoms with E-state index in [1.807, 2.05) is 0 Å². The van der Waals surface area contributed by atoms with E-state index in [1.165, 1.54) is 12.1 Å². The second-order valence-electron chi connectivity index (χ2n) is 5.16. The molecular formula is C16H15F2NO3S. The summed E-state index contributed by atoms with van der Waals surface area (Å²) >= 11 is 0. The number of carbonyl (C=O) groups excluding carboxylic acids is 1. The Morgan fingerprint density at radius 3 is 2.26 bits per heavy atom. The van der Waals surface area contributed by atoms with Gasteiger partial charge in [-0.1, -0.05) is 12.1 Å². The van der Waals surface area contributed by atoms with Gasteiger partial charge in [-0.2, -0.15) is 0 Å². The average Bonchev–Trinajstić information content (AvgIpc) is 2.48. The van der Waals surface area contributed by atoms with Crippen LogP contribution in [0.25, 0.3) is 0 Å². The summed E-state index contributed by atoms with van der Waals surface area (Å²) in [5, 5.41) is 2.54. The van der Waals surface area contributed by atoms with Crippen LogP contribution in [0.2, 0.25) is 0 Å². The summed E-state index contributed by atoms with van der Waals surface area (Å²) < 4.78 is 49.5. The quantitative estimate of drug-likeness (QED) is 0.932. The Kier molecular flexibility index (Phi) is 4.79. The van der Waals surface area contributed by atoms with Crippen LogP contribution < -0.4 is 5.32 Å². The molecular weight excluding hydrogens is 324 g/mol. The van der Waals surface area contributed by atoms with Crippen LogP contribution in [0, 0.1) is 11.6 Å². The molecule has 1 unspecified atom stereocenters. The summed E-state index contributed by atoms with van der Waals surface area (Å²) in [7, 11) is -3.30. The van der Waals surface area contributed by atoms with E-state index in [1.54, 1.807) is 19.1 Å². The van der Waals surface area contributed by atoms with Gasteiger partial charge in [0.1, 0.15) is 11.6 Å². The van der Waals surface area contributed by atoms with Gasteiger partial charge >= 0.3 is 0 Å². The fourth-order valence-corrected chi connectivity index (χ4v) is 2.66. The zero-order chi connectivity index (χ0) is 17.2. The zero-order valence-electron chi connectivity index (χ0n) is 12.5. The minimum Gasteiger partial charge on any atom is -0.345 e. The summed E-state index contributed by atoms with van der Waals surface area (Å²) in [6.45, 7) is 1.66. The Morgan fingerprint density at radius 1 is 1.09 bits per heavy atom. The van der Waals surface area contributed by atoms with Crippen LogP contribution in [0.5, 0.6) is 0 Å². The zero-order valence-corrected chi connectivity index (χ0v) is 13.3. The SMILES string of the molecule is CC(NC(=O)c1cc(F)ccc1F)c1ccc(S(C)(=O)=O)cc1. The third-order valence-corrected chi connectivity index (χ3v) is 4.46. The van der Waals surface area contributed by atoms with Crippen LogP contribution in [-0.4, -0.2) is 20.6 Å². The van der Waals surface area contributed by atoms with Crippen molar-refractivity contribution in [1.82, 2.24) is 5.32 Å². The van der Waals surface area contributed by atoms with Crippen molar-refractivity contribution < 1.29 is 22.0 Å². The van der Waals surface area contributed by atoms with E-state index in [0.717, 1.165) is 24.5 Å². The van der Waals surface area contributed by atoms with Gasteiger partial charge in [0.25, 0.3) is 5.91 Å². The molecule has 0 saturated carbocycles.